The lowest BCUT2D eigenvalue weighted by Gasteiger charge is -2.59. The summed E-state index contributed by atoms with van der Waals surface area (Å²) in [4.78, 5) is 15.7. The van der Waals surface area contributed by atoms with Crippen molar-refractivity contribution in [3.63, 3.8) is 0 Å². The van der Waals surface area contributed by atoms with Gasteiger partial charge in [0.05, 0.1) is 39.7 Å². The first-order chi connectivity index (χ1) is 18.6. The first-order valence-electron chi connectivity index (χ1n) is 13.6. The molecule has 2 aromatic rings. The molecule has 3 saturated heterocycles. The molecule has 4 unspecified atom stereocenters. The molecule has 0 aromatic carbocycles. The normalized spacial score (nSPS) is 29.1. The standard InChI is InChI=1S/C26H35Cl2N7O3S/c1-4-39(36,37)35-13-26(14-35)11-34(12-26)25-30-8-17(9-31-25)24-19-7-18(5-6-21(19)32-33-24)38-16(3)22-20(27)10-29-15(2)23(22)28/h8-10,16,18-19,21,24,32-33H,4-7,11-14H2,1-3H3/t16-,18?,19?,21?,24?/m1/s1. The highest BCUT2D eigenvalue weighted by Gasteiger charge is 2.55. The van der Waals surface area contributed by atoms with E-state index in [9.17, 15) is 8.42 Å². The summed E-state index contributed by atoms with van der Waals surface area (Å²) in [5.74, 6) is 1.19. The minimum Gasteiger partial charge on any atom is -0.370 e. The number of rotatable bonds is 7. The van der Waals surface area contributed by atoms with Crippen LogP contribution in [0.5, 0.6) is 0 Å². The highest BCUT2D eigenvalue weighted by molar-refractivity contribution is 7.89. The molecule has 2 aromatic heterocycles. The summed E-state index contributed by atoms with van der Waals surface area (Å²) in [6, 6.07) is 0.444. The van der Waals surface area contributed by atoms with Gasteiger partial charge in [-0.1, -0.05) is 23.2 Å². The van der Waals surface area contributed by atoms with E-state index in [1.807, 2.05) is 26.2 Å². The van der Waals surface area contributed by atoms with Crippen LogP contribution < -0.4 is 15.8 Å². The summed E-state index contributed by atoms with van der Waals surface area (Å²) in [5.41, 5.74) is 9.57. The van der Waals surface area contributed by atoms with E-state index in [1.165, 1.54) is 0 Å². The van der Waals surface area contributed by atoms with E-state index in [4.69, 9.17) is 27.9 Å². The molecule has 2 N–H and O–H groups in total. The smallest absolute Gasteiger partial charge is 0.225 e. The molecular weight excluding hydrogens is 561 g/mol. The third kappa shape index (κ3) is 5.05. The quantitative estimate of drug-likeness (QED) is 0.497. The summed E-state index contributed by atoms with van der Waals surface area (Å²) in [5, 5.41) is 1.09. The van der Waals surface area contributed by atoms with Crippen LogP contribution in [0.2, 0.25) is 10.0 Å². The van der Waals surface area contributed by atoms with Gasteiger partial charge >= 0.3 is 0 Å². The van der Waals surface area contributed by atoms with Gasteiger partial charge in [0, 0.05) is 67.4 Å². The van der Waals surface area contributed by atoms with Gasteiger partial charge in [-0.2, -0.15) is 0 Å². The summed E-state index contributed by atoms with van der Waals surface area (Å²) in [7, 11) is -3.10. The third-order valence-corrected chi connectivity index (χ3v) is 11.4. The van der Waals surface area contributed by atoms with Crippen molar-refractivity contribution in [3.05, 3.63) is 45.5 Å². The van der Waals surface area contributed by atoms with Crippen LogP contribution in [0.3, 0.4) is 0 Å². The number of sulfonamides is 1. The molecule has 1 aliphatic carbocycles. The monoisotopic (exact) mass is 595 g/mol. The number of nitrogens with zero attached hydrogens (tertiary/aromatic N) is 5. The van der Waals surface area contributed by atoms with E-state index in [0.29, 0.717) is 41.0 Å². The van der Waals surface area contributed by atoms with Gasteiger partial charge < -0.3 is 9.64 Å². The number of anilines is 1. The molecule has 1 saturated carbocycles. The van der Waals surface area contributed by atoms with Gasteiger partial charge in [0.2, 0.25) is 16.0 Å². The van der Waals surface area contributed by atoms with E-state index in [-0.39, 0.29) is 29.4 Å². The van der Waals surface area contributed by atoms with Gasteiger partial charge in [-0.25, -0.2) is 28.1 Å². The first kappa shape index (κ1) is 27.6. The molecule has 10 nitrogen and oxygen atoms in total. The van der Waals surface area contributed by atoms with Crippen molar-refractivity contribution in [1.29, 1.82) is 0 Å². The SMILES string of the molecule is CCS(=O)(=O)N1CC2(CN(c3ncc(C4NNC5CCC(O[C@H](C)c6c(Cl)cnc(C)c6Cl)CC54)cn3)C2)C1. The van der Waals surface area contributed by atoms with Crippen LogP contribution in [0.15, 0.2) is 18.6 Å². The maximum Gasteiger partial charge on any atom is 0.225 e. The molecule has 5 heterocycles. The lowest BCUT2D eigenvalue weighted by atomic mass is 9.74. The highest BCUT2D eigenvalue weighted by Crippen LogP contribution is 2.44. The molecule has 4 fully saturated rings. The number of nitrogens with one attached hydrogen (secondary N) is 2. The molecule has 5 atom stereocenters. The molecule has 1 spiro atoms. The van der Waals surface area contributed by atoms with E-state index >= 15 is 0 Å². The highest BCUT2D eigenvalue weighted by atomic mass is 35.5. The molecule has 3 aliphatic heterocycles. The zero-order chi connectivity index (χ0) is 27.5. The van der Waals surface area contributed by atoms with Gasteiger partial charge in [0.15, 0.2) is 0 Å². The van der Waals surface area contributed by atoms with Crippen molar-refractivity contribution in [2.45, 2.75) is 64.3 Å². The number of ether oxygens (including phenoxy) is 1. The van der Waals surface area contributed by atoms with E-state index in [0.717, 1.165) is 49.2 Å². The molecule has 6 rings (SSSR count). The lowest BCUT2D eigenvalue weighted by Crippen LogP contribution is -2.73. The van der Waals surface area contributed by atoms with Gasteiger partial charge in [0.1, 0.15) is 0 Å². The Kier molecular flexibility index (Phi) is 7.31. The molecular formula is C26H35Cl2N7O3S. The molecule has 0 amide bonds. The average molecular weight is 597 g/mol. The van der Waals surface area contributed by atoms with E-state index < -0.39 is 10.0 Å². The van der Waals surface area contributed by atoms with Gasteiger partial charge in [0.25, 0.3) is 0 Å². The van der Waals surface area contributed by atoms with Crippen molar-refractivity contribution in [2.75, 3.05) is 36.8 Å². The number of fused-ring (bicyclic) bond motifs is 1. The van der Waals surface area contributed by atoms with Crippen molar-refractivity contribution >= 4 is 39.2 Å². The third-order valence-electron chi connectivity index (χ3n) is 8.82. The zero-order valence-corrected chi connectivity index (χ0v) is 24.7. The average Bonchev–Trinajstić information content (AvgIpc) is 3.28. The van der Waals surface area contributed by atoms with Crippen LogP contribution >= 0.6 is 23.2 Å². The first-order valence-corrected chi connectivity index (χ1v) is 16.0. The summed E-state index contributed by atoms with van der Waals surface area (Å²) >= 11 is 12.9. The maximum atomic E-state index is 12.1. The summed E-state index contributed by atoms with van der Waals surface area (Å²) in [6.07, 6.45) is 8.16. The maximum absolute atomic E-state index is 12.1. The second-order valence-electron chi connectivity index (χ2n) is 11.5. The number of halogens is 2. The number of hydrogen-bond donors (Lipinski definition) is 2. The Morgan fingerprint density at radius 2 is 1.82 bits per heavy atom. The van der Waals surface area contributed by atoms with Crippen molar-refractivity contribution in [2.24, 2.45) is 11.3 Å². The van der Waals surface area contributed by atoms with E-state index in [2.05, 4.69) is 30.7 Å². The van der Waals surface area contributed by atoms with E-state index in [1.54, 1.807) is 17.4 Å². The number of aryl methyl sites for hydroxylation is 1. The van der Waals surface area contributed by atoms with Crippen LogP contribution in [-0.4, -0.2) is 71.8 Å². The molecule has 13 heteroatoms. The Bertz CT molecular complexity index is 1330. The van der Waals surface area contributed by atoms with Crippen LogP contribution in [-0.2, 0) is 14.8 Å². The minimum absolute atomic E-state index is 0.0477. The Morgan fingerprint density at radius 1 is 1.10 bits per heavy atom. The fourth-order valence-electron chi connectivity index (χ4n) is 6.62. The van der Waals surface area contributed by atoms with Gasteiger partial charge in [-0.3, -0.25) is 10.4 Å². The zero-order valence-electron chi connectivity index (χ0n) is 22.4. The molecule has 0 bridgehead atoms. The van der Waals surface area contributed by atoms with Crippen LogP contribution in [0.1, 0.15) is 62.1 Å². The fraction of sp³-hybridized carbons (Fsp3) is 0.654. The van der Waals surface area contributed by atoms with Gasteiger partial charge in [-0.05, 0) is 46.0 Å². The summed E-state index contributed by atoms with van der Waals surface area (Å²) in [6.45, 7) is 8.33. The number of hydrogen-bond acceptors (Lipinski definition) is 9. The largest absolute Gasteiger partial charge is 0.370 e. The Hall–Kier alpha value is -1.60. The fourth-order valence-corrected chi connectivity index (χ4v) is 8.58. The van der Waals surface area contributed by atoms with Gasteiger partial charge in [-0.15, -0.1) is 0 Å². The van der Waals surface area contributed by atoms with Crippen molar-refractivity contribution < 1.29 is 13.2 Å². The molecule has 39 heavy (non-hydrogen) atoms. The molecule has 0 radical (unpaired) electrons. The van der Waals surface area contributed by atoms with Crippen LogP contribution in [0.25, 0.3) is 0 Å². The number of pyridine rings is 1. The van der Waals surface area contributed by atoms with Crippen molar-refractivity contribution in [1.82, 2.24) is 30.1 Å². The topological polar surface area (TPSA) is 113 Å². The van der Waals surface area contributed by atoms with Crippen LogP contribution in [0.4, 0.5) is 5.95 Å². The Balaban J connectivity index is 1.06. The van der Waals surface area contributed by atoms with Crippen molar-refractivity contribution in [3.8, 4) is 0 Å². The summed E-state index contributed by atoms with van der Waals surface area (Å²) < 4.78 is 32.2. The number of aromatic nitrogens is 3. The Morgan fingerprint density at radius 3 is 2.51 bits per heavy atom. The predicted octanol–water partition coefficient (Wildman–Crippen LogP) is 3.42. The lowest BCUT2D eigenvalue weighted by molar-refractivity contribution is -0.0370. The minimum atomic E-state index is -3.10. The second-order valence-corrected chi connectivity index (χ2v) is 14.6. The molecule has 4 aliphatic rings. The van der Waals surface area contributed by atoms with Crippen LogP contribution in [0, 0.1) is 18.3 Å². The second kappa shape index (κ2) is 10.3. The molecule has 212 valence electrons. The number of hydrazine groups is 1. The Labute approximate surface area is 239 Å². The predicted molar refractivity (Wildman–Crippen MR) is 150 cm³/mol.